The highest BCUT2D eigenvalue weighted by atomic mass is 32.2. The Morgan fingerprint density at radius 2 is 1.81 bits per heavy atom. The van der Waals surface area contributed by atoms with Crippen molar-refractivity contribution in [3.8, 4) is 0 Å². The predicted octanol–water partition coefficient (Wildman–Crippen LogP) is 4.16. The molecule has 0 heterocycles. The van der Waals surface area contributed by atoms with Gasteiger partial charge in [0.1, 0.15) is 6.54 Å². The molecule has 0 fully saturated rings. The highest BCUT2D eigenvalue weighted by Crippen LogP contribution is 2.18. The molecule has 4 nitrogen and oxygen atoms in total. The first-order chi connectivity index (χ1) is 12.7. The van der Waals surface area contributed by atoms with Gasteiger partial charge in [0.2, 0.25) is 5.91 Å². The van der Waals surface area contributed by atoms with Crippen LogP contribution < -0.4 is 10.6 Å². The van der Waals surface area contributed by atoms with Gasteiger partial charge in [-0.2, -0.15) is 13.2 Å². The highest BCUT2D eigenvalue weighted by Gasteiger charge is 2.28. The van der Waals surface area contributed by atoms with E-state index in [1.165, 1.54) is 30.0 Å². The van der Waals surface area contributed by atoms with Crippen molar-refractivity contribution in [1.29, 1.82) is 0 Å². The van der Waals surface area contributed by atoms with Crippen LogP contribution >= 0.6 is 11.8 Å². The maximum Gasteiger partial charge on any atom is 0.405 e. The van der Waals surface area contributed by atoms with E-state index in [0.717, 1.165) is 11.1 Å². The number of amides is 2. The average molecular weight is 396 g/mol. The Hall–Kier alpha value is -2.48. The van der Waals surface area contributed by atoms with Gasteiger partial charge in [0.25, 0.3) is 5.91 Å². The molecule has 0 saturated carbocycles. The first kappa shape index (κ1) is 20.8. The van der Waals surface area contributed by atoms with Crippen LogP contribution in [0.15, 0.2) is 48.5 Å². The van der Waals surface area contributed by atoms with Gasteiger partial charge in [-0.15, -0.1) is 11.8 Å². The van der Waals surface area contributed by atoms with Crippen LogP contribution in [0.1, 0.15) is 21.5 Å². The van der Waals surface area contributed by atoms with Gasteiger partial charge in [0.05, 0.1) is 17.0 Å². The lowest BCUT2D eigenvalue weighted by molar-refractivity contribution is -0.123. The molecule has 0 bridgehead atoms. The maximum atomic E-state index is 12.3. The molecular formula is C19H19F3N2O2S. The fourth-order valence-corrected chi connectivity index (χ4v) is 3.09. The fraction of sp³-hybridized carbons (Fsp3) is 0.263. The van der Waals surface area contributed by atoms with Gasteiger partial charge >= 0.3 is 6.18 Å². The lowest BCUT2D eigenvalue weighted by Gasteiger charge is -2.12. The fourth-order valence-electron chi connectivity index (χ4n) is 2.32. The van der Waals surface area contributed by atoms with Gasteiger partial charge in [-0.25, -0.2) is 0 Å². The van der Waals surface area contributed by atoms with Crippen molar-refractivity contribution in [3.63, 3.8) is 0 Å². The Morgan fingerprint density at radius 3 is 2.52 bits per heavy atom. The lowest BCUT2D eigenvalue weighted by Crippen LogP contribution is -2.34. The number of para-hydroxylation sites is 1. The summed E-state index contributed by atoms with van der Waals surface area (Å²) in [7, 11) is 0. The molecule has 0 atom stereocenters. The molecule has 0 unspecified atom stereocenters. The summed E-state index contributed by atoms with van der Waals surface area (Å²) >= 11 is 1.41. The van der Waals surface area contributed by atoms with Crippen LogP contribution in [-0.2, 0) is 10.5 Å². The monoisotopic (exact) mass is 396 g/mol. The van der Waals surface area contributed by atoms with Gasteiger partial charge in [0.15, 0.2) is 0 Å². The summed E-state index contributed by atoms with van der Waals surface area (Å²) in [6, 6.07) is 13.9. The molecule has 2 amide bonds. The minimum Gasteiger partial charge on any atom is -0.343 e. The third kappa shape index (κ3) is 7.34. The smallest absolute Gasteiger partial charge is 0.343 e. The molecule has 0 aliphatic carbocycles. The van der Waals surface area contributed by atoms with Crippen molar-refractivity contribution in [2.24, 2.45) is 0 Å². The topological polar surface area (TPSA) is 58.2 Å². The zero-order valence-electron chi connectivity index (χ0n) is 14.6. The summed E-state index contributed by atoms with van der Waals surface area (Å²) in [5, 5.41) is 4.39. The van der Waals surface area contributed by atoms with Crippen LogP contribution in [0.25, 0.3) is 0 Å². The summed E-state index contributed by atoms with van der Waals surface area (Å²) in [5.74, 6) is -0.408. The molecule has 0 radical (unpaired) electrons. The van der Waals surface area contributed by atoms with Crippen molar-refractivity contribution >= 4 is 29.3 Å². The van der Waals surface area contributed by atoms with E-state index in [1.807, 2.05) is 31.2 Å². The third-order valence-electron chi connectivity index (χ3n) is 3.48. The van der Waals surface area contributed by atoms with E-state index in [1.54, 1.807) is 11.4 Å². The molecule has 144 valence electrons. The minimum absolute atomic E-state index is 0.0150. The number of hydrogen-bond acceptors (Lipinski definition) is 3. The number of benzene rings is 2. The van der Waals surface area contributed by atoms with Gasteiger partial charge in [0, 0.05) is 5.75 Å². The summed E-state index contributed by atoms with van der Waals surface area (Å²) in [6.07, 6.45) is -4.50. The molecule has 0 aliphatic heterocycles. The van der Waals surface area contributed by atoms with E-state index in [-0.39, 0.29) is 22.9 Å². The number of anilines is 1. The normalized spacial score (nSPS) is 11.1. The summed E-state index contributed by atoms with van der Waals surface area (Å²) in [6.45, 7) is 0.558. The van der Waals surface area contributed by atoms with E-state index in [4.69, 9.17) is 0 Å². The molecule has 0 spiro atoms. The molecule has 8 heteroatoms. The van der Waals surface area contributed by atoms with Crippen molar-refractivity contribution in [2.45, 2.75) is 18.9 Å². The molecule has 2 aromatic carbocycles. The largest absolute Gasteiger partial charge is 0.405 e. The van der Waals surface area contributed by atoms with E-state index in [0.29, 0.717) is 5.75 Å². The zero-order chi connectivity index (χ0) is 19.9. The van der Waals surface area contributed by atoms with Crippen molar-refractivity contribution in [3.05, 3.63) is 65.2 Å². The molecule has 0 saturated heterocycles. The molecule has 2 aromatic rings. The number of nitrogens with one attached hydrogen (secondary N) is 2. The second-order valence-electron chi connectivity index (χ2n) is 5.87. The Balaban J connectivity index is 1.90. The number of carbonyl (C=O) groups is 2. The van der Waals surface area contributed by atoms with Crippen molar-refractivity contribution in [2.75, 3.05) is 17.6 Å². The van der Waals surface area contributed by atoms with Gasteiger partial charge < -0.3 is 10.6 Å². The highest BCUT2D eigenvalue weighted by molar-refractivity contribution is 7.99. The quantitative estimate of drug-likeness (QED) is 0.739. The lowest BCUT2D eigenvalue weighted by atomic mass is 10.1. The number of carbonyl (C=O) groups excluding carboxylic acids is 2. The Labute approximate surface area is 159 Å². The van der Waals surface area contributed by atoms with Crippen LogP contribution in [0.2, 0.25) is 0 Å². The van der Waals surface area contributed by atoms with E-state index < -0.39 is 18.6 Å². The zero-order valence-corrected chi connectivity index (χ0v) is 15.4. The number of hydrogen-bond donors (Lipinski definition) is 2. The number of thioether (sulfide) groups is 1. The molecule has 2 N–H and O–H groups in total. The second kappa shape index (κ2) is 9.45. The molecule has 0 aliphatic rings. The van der Waals surface area contributed by atoms with Crippen LogP contribution in [0.4, 0.5) is 18.9 Å². The first-order valence-corrected chi connectivity index (χ1v) is 9.27. The van der Waals surface area contributed by atoms with Crippen molar-refractivity contribution in [1.82, 2.24) is 5.32 Å². The average Bonchev–Trinajstić information content (AvgIpc) is 2.59. The maximum absolute atomic E-state index is 12.3. The first-order valence-electron chi connectivity index (χ1n) is 8.12. The SMILES string of the molecule is Cc1cccc(CSCC(=O)Nc2ccccc2C(=O)NCC(F)(F)F)c1. The molecule has 0 aromatic heterocycles. The van der Waals surface area contributed by atoms with E-state index in [2.05, 4.69) is 5.32 Å². The van der Waals surface area contributed by atoms with Gasteiger partial charge in [-0.05, 0) is 24.6 Å². The third-order valence-corrected chi connectivity index (χ3v) is 4.48. The van der Waals surface area contributed by atoms with E-state index in [9.17, 15) is 22.8 Å². The van der Waals surface area contributed by atoms with Crippen LogP contribution in [0, 0.1) is 6.92 Å². The van der Waals surface area contributed by atoms with Crippen LogP contribution in [-0.4, -0.2) is 30.3 Å². The van der Waals surface area contributed by atoms with Crippen molar-refractivity contribution < 1.29 is 22.8 Å². The number of halogens is 3. The van der Waals surface area contributed by atoms with Gasteiger partial charge in [-0.1, -0.05) is 42.0 Å². The minimum atomic E-state index is -4.50. The van der Waals surface area contributed by atoms with Crippen LogP contribution in [0.5, 0.6) is 0 Å². The molecule has 2 rings (SSSR count). The molecule has 27 heavy (non-hydrogen) atoms. The van der Waals surface area contributed by atoms with E-state index >= 15 is 0 Å². The predicted molar refractivity (Wildman–Crippen MR) is 101 cm³/mol. The Kier molecular flexibility index (Phi) is 7.29. The number of alkyl halides is 3. The van der Waals surface area contributed by atoms with Crippen LogP contribution in [0.3, 0.4) is 0 Å². The molecular weight excluding hydrogens is 377 g/mol. The summed E-state index contributed by atoms with van der Waals surface area (Å²) in [4.78, 5) is 24.1. The number of rotatable bonds is 7. The Morgan fingerprint density at radius 1 is 1.07 bits per heavy atom. The number of aryl methyl sites for hydroxylation is 1. The summed E-state index contributed by atoms with van der Waals surface area (Å²) < 4.78 is 36.8. The summed E-state index contributed by atoms with van der Waals surface area (Å²) in [5.41, 5.74) is 2.40. The standard InChI is InChI=1S/C19H19F3N2O2S/c1-13-5-4-6-14(9-13)10-27-11-17(25)24-16-8-3-2-7-15(16)18(26)23-12-19(20,21)22/h2-9H,10-12H2,1H3,(H,23,26)(H,24,25). The second-order valence-corrected chi connectivity index (χ2v) is 6.86. The Bertz CT molecular complexity index is 810. The van der Waals surface area contributed by atoms with Gasteiger partial charge in [-0.3, -0.25) is 9.59 Å².